The van der Waals surface area contributed by atoms with E-state index in [0.29, 0.717) is 12.0 Å². The molecule has 0 aliphatic carbocycles. The number of aromatic amines is 1. The number of H-pyrrole nitrogens is 1. The Labute approximate surface area is 145 Å². The van der Waals surface area contributed by atoms with Gasteiger partial charge in [0.2, 0.25) is 0 Å². The SMILES string of the molecule is CN1CCCC(C)(C)C1CNC(=O)N1CCCC(c2ccn[nH]2)C1. The molecular formula is C18H31N5O. The predicted octanol–water partition coefficient (Wildman–Crippen LogP) is 2.42. The van der Waals surface area contributed by atoms with E-state index in [9.17, 15) is 4.79 Å². The molecule has 0 saturated carbocycles. The van der Waals surface area contributed by atoms with Crippen LogP contribution in [0.2, 0.25) is 0 Å². The number of hydrogen-bond donors (Lipinski definition) is 2. The molecule has 2 saturated heterocycles. The van der Waals surface area contributed by atoms with E-state index >= 15 is 0 Å². The number of amides is 2. The van der Waals surface area contributed by atoms with Crippen LogP contribution in [0.25, 0.3) is 0 Å². The fourth-order valence-electron chi connectivity index (χ4n) is 4.34. The number of aromatic nitrogens is 2. The topological polar surface area (TPSA) is 64.3 Å². The number of likely N-dealkylation sites (tertiary alicyclic amines) is 2. The summed E-state index contributed by atoms with van der Waals surface area (Å²) in [7, 11) is 2.17. The summed E-state index contributed by atoms with van der Waals surface area (Å²) in [6, 6.07) is 2.50. The summed E-state index contributed by atoms with van der Waals surface area (Å²) in [4.78, 5) is 17.0. The average Bonchev–Trinajstić information content (AvgIpc) is 3.08. The van der Waals surface area contributed by atoms with Gasteiger partial charge in [0, 0.05) is 43.5 Å². The van der Waals surface area contributed by atoms with Crippen molar-refractivity contribution in [3.63, 3.8) is 0 Å². The van der Waals surface area contributed by atoms with E-state index < -0.39 is 0 Å². The van der Waals surface area contributed by atoms with E-state index in [4.69, 9.17) is 0 Å². The summed E-state index contributed by atoms with van der Waals surface area (Å²) in [6.07, 6.45) is 6.42. The van der Waals surface area contributed by atoms with Gasteiger partial charge in [-0.2, -0.15) is 5.10 Å². The number of carbonyl (C=O) groups excluding carboxylic acids is 1. The molecule has 0 spiro atoms. The molecule has 0 aromatic carbocycles. The summed E-state index contributed by atoms with van der Waals surface area (Å²) < 4.78 is 0. The van der Waals surface area contributed by atoms with Gasteiger partial charge < -0.3 is 15.1 Å². The minimum Gasteiger partial charge on any atom is -0.336 e. The summed E-state index contributed by atoms with van der Waals surface area (Å²) in [5.41, 5.74) is 1.39. The number of nitrogens with one attached hydrogen (secondary N) is 2. The third-order valence-electron chi connectivity index (χ3n) is 5.88. The van der Waals surface area contributed by atoms with Crippen molar-refractivity contribution in [2.75, 3.05) is 33.2 Å². The molecular weight excluding hydrogens is 302 g/mol. The van der Waals surface area contributed by atoms with Crippen LogP contribution in [0.15, 0.2) is 12.3 Å². The molecule has 2 N–H and O–H groups in total. The number of rotatable bonds is 3. The molecule has 6 nitrogen and oxygen atoms in total. The predicted molar refractivity (Wildman–Crippen MR) is 95.0 cm³/mol. The largest absolute Gasteiger partial charge is 0.336 e. The summed E-state index contributed by atoms with van der Waals surface area (Å²) in [5.74, 6) is 0.376. The Kier molecular flexibility index (Phi) is 5.13. The molecule has 2 amide bonds. The molecule has 6 heteroatoms. The maximum atomic E-state index is 12.6. The zero-order valence-corrected chi connectivity index (χ0v) is 15.2. The lowest BCUT2D eigenvalue weighted by molar-refractivity contribution is 0.0584. The van der Waals surface area contributed by atoms with Crippen LogP contribution in [0.3, 0.4) is 0 Å². The normalized spacial score (nSPS) is 27.9. The number of urea groups is 1. The van der Waals surface area contributed by atoms with Gasteiger partial charge in [0.05, 0.1) is 0 Å². The Hall–Kier alpha value is -1.56. The van der Waals surface area contributed by atoms with Crippen molar-refractivity contribution >= 4 is 6.03 Å². The Bertz CT molecular complexity index is 542. The highest BCUT2D eigenvalue weighted by Crippen LogP contribution is 2.34. The molecule has 1 aromatic heterocycles. The highest BCUT2D eigenvalue weighted by atomic mass is 16.2. The van der Waals surface area contributed by atoms with Gasteiger partial charge in [0.25, 0.3) is 0 Å². The first kappa shape index (κ1) is 17.3. The van der Waals surface area contributed by atoms with Crippen molar-refractivity contribution < 1.29 is 4.79 Å². The molecule has 24 heavy (non-hydrogen) atoms. The Morgan fingerprint density at radius 2 is 2.25 bits per heavy atom. The van der Waals surface area contributed by atoms with Crippen LogP contribution in [0.1, 0.15) is 51.1 Å². The molecule has 2 fully saturated rings. The first-order valence-electron chi connectivity index (χ1n) is 9.19. The van der Waals surface area contributed by atoms with Gasteiger partial charge in [-0.1, -0.05) is 13.8 Å². The quantitative estimate of drug-likeness (QED) is 0.893. The smallest absolute Gasteiger partial charge is 0.317 e. The third kappa shape index (κ3) is 3.74. The van der Waals surface area contributed by atoms with Crippen LogP contribution in [0.5, 0.6) is 0 Å². The second-order valence-corrected chi connectivity index (χ2v) is 8.07. The van der Waals surface area contributed by atoms with Crippen molar-refractivity contribution in [2.24, 2.45) is 5.41 Å². The van der Waals surface area contributed by atoms with Gasteiger partial charge in [0.1, 0.15) is 0 Å². The average molecular weight is 333 g/mol. The van der Waals surface area contributed by atoms with Crippen LogP contribution in [-0.2, 0) is 0 Å². The molecule has 2 unspecified atom stereocenters. The maximum absolute atomic E-state index is 12.6. The van der Waals surface area contributed by atoms with Gasteiger partial charge in [-0.3, -0.25) is 5.10 Å². The molecule has 0 bridgehead atoms. The zero-order chi connectivity index (χ0) is 17.2. The van der Waals surface area contributed by atoms with Crippen LogP contribution >= 0.6 is 0 Å². The van der Waals surface area contributed by atoms with E-state index in [1.165, 1.54) is 12.8 Å². The van der Waals surface area contributed by atoms with Crippen molar-refractivity contribution in [2.45, 2.75) is 51.5 Å². The van der Waals surface area contributed by atoms with Gasteiger partial charge in [-0.25, -0.2) is 4.79 Å². The van der Waals surface area contributed by atoms with Crippen molar-refractivity contribution in [1.82, 2.24) is 25.3 Å². The summed E-state index contributed by atoms with van der Waals surface area (Å²) in [5, 5.41) is 10.3. The number of hydrogen-bond acceptors (Lipinski definition) is 3. The Balaban J connectivity index is 1.54. The fourth-order valence-corrected chi connectivity index (χ4v) is 4.34. The molecule has 3 heterocycles. The highest BCUT2D eigenvalue weighted by Gasteiger charge is 2.36. The highest BCUT2D eigenvalue weighted by molar-refractivity contribution is 5.74. The van der Waals surface area contributed by atoms with Crippen LogP contribution in [-0.4, -0.2) is 65.3 Å². The minimum absolute atomic E-state index is 0.0778. The Morgan fingerprint density at radius 3 is 2.96 bits per heavy atom. The van der Waals surface area contributed by atoms with E-state index in [1.807, 2.05) is 11.0 Å². The van der Waals surface area contributed by atoms with Crippen LogP contribution in [0, 0.1) is 5.41 Å². The fraction of sp³-hybridized carbons (Fsp3) is 0.778. The maximum Gasteiger partial charge on any atom is 0.317 e. The number of likely N-dealkylation sites (N-methyl/N-ethyl adjacent to an activating group) is 1. The molecule has 2 atom stereocenters. The second-order valence-electron chi connectivity index (χ2n) is 8.07. The third-order valence-corrected chi connectivity index (χ3v) is 5.88. The Morgan fingerprint density at radius 1 is 1.42 bits per heavy atom. The number of nitrogens with zero attached hydrogens (tertiary/aromatic N) is 3. The van der Waals surface area contributed by atoms with E-state index in [0.717, 1.165) is 44.7 Å². The van der Waals surface area contributed by atoms with E-state index in [-0.39, 0.29) is 11.4 Å². The van der Waals surface area contributed by atoms with Crippen LogP contribution in [0.4, 0.5) is 4.79 Å². The lowest BCUT2D eigenvalue weighted by atomic mass is 9.76. The van der Waals surface area contributed by atoms with Crippen molar-refractivity contribution in [3.8, 4) is 0 Å². The van der Waals surface area contributed by atoms with Gasteiger partial charge in [0.15, 0.2) is 0 Å². The number of piperidine rings is 2. The molecule has 0 radical (unpaired) electrons. The second kappa shape index (κ2) is 7.13. The first-order chi connectivity index (χ1) is 11.5. The molecule has 1 aromatic rings. The first-order valence-corrected chi connectivity index (χ1v) is 9.19. The van der Waals surface area contributed by atoms with Gasteiger partial charge in [-0.15, -0.1) is 0 Å². The van der Waals surface area contributed by atoms with Crippen molar-refractivity contribution in [1.29, 1.82) is 0 Å². The summed E-state index contributed by atoms with van der Waals surface area (Å²) in [6.45, 7) is 8.10. The lowest BCUT2D eigenvalue weighted by Crippen LogP contribution is -2.55. The van der Waals surface area contributed by atoms with E-state index in [1.54, 1.807) is 6.20 Å². The monoisotopic (exact) mass is 333 g/mol. The summed E-state index contributed by atoms with van der Waals surface area (Å²) >= 11 is 0. The molecule has 3 rings (SSSR count). The van der Waals surface area contributed by atoms with Crippen LogP contribution < -0.4 is 5.32 Å². The molecule has 2 aliphatic rings. The van der Waals surface area contributed by atoms with Gasteiger partial charge >= 0.3 is 6.03 Å². The van der Waals surface area contributed by atoms with Crippen molar-refractivity contribution in [3.05, 3.63) is 18.0 Å². The van der Waals surface area contributed by atoms with Gasteiger partial charge in [-0.05, 0) is 50.8 Å². The number of carbonyl (C=O) groups is 1. The minimum atomic E-state index is 0.0778. The van der Waals surface area contributed by atoms with E-state index in [2.05, 4.69) is 41.3 Å². The standard InChI is InChI=1S/C18H31N5O/c1-18(2)8-5-10-22(3)16(18)12-19-17(24)23-11-4-6-14(13-23)15-7-9-20-21-15/h7,9,14,16H,4-6,8,10-13H2,1-3H3,(H,19,24)(H,20,21). The lowest BCUT2D eigenvalue weighted by Gasteiger charge is -2.45. The molecule has 134 valence electrons. The molecule has 2 aliphatic heterocycles. The zero-order valence-electron chi connectivity index (χ0n) is 15.2.